The predicted molar refractivity (Wildman–Crippen MR) is 70.2 cm³/mol. The lowest BCUT2D eigenvalue weighted by Crippen LogP contribution is -2.24. The molecule has 1 saturated heterocycles. The number of nitrogens with one attached hydrogen (secondary N) is 1. The normalized spacial score (nSPS) is 19.8. The van der Waals surface area contributed by atoms with E-state index < -0.39 is 4.92 Å². The molecule has 2 rings (SSSR count). The smallest absolute Gasteiger partial charge is 0.294 e. The van der Waals surface area contributed by atoms with Crippen LogP contribution in [0.5, 0.6) is 0 Å². The van der Waals surface area contributed by atoms with E-state index in [9.17, 15) is 10.1 Å². The zero-order chi connectivity index (χ0) is 12.6. The Morgan fingerprint density at radius 1 is 1.65 bits per heavy atom. The molecule has 0 amide bonds. The number of hydrogen-bond acceptors (Lipinski definition) is 4. The van der Waals surface area contributed by atoms with E-state index in [1.165, 1.54) is 17.8 Å². The Kier molecular flexibility index (Phi) is 3.26. The van der Waals surface area contributed by atoms with Crippen LogP contribution in [0, 0.1) is 15.5 Å². The van der Waals surface area contributed by atoms with Gasteiger partial charge >= 0.3 is 0 Å². The van der Waals surface area contributed by atoms with Gasteiger partial charge in [0.2, 0.25) is 0 Å². The summed E-state index contributed by atoms with van der Waals surface area (Å²) in [7, 11) is 0. The van der Waals surface area contributed by atoms with Crippen molar-refractivity contribution in [1.29, 1.82) is 5.41 Å². The van der Waals surface area contributed by atoms with E-state index in [1.807, 2.05) is 6.92 Å². The maximum Gasteiger partial charge on any atom is 0.294 e. The van der Waals surface area contributed by atoms with Gasteiger partial charge < -0.3 is 4.90 Å². The standard InChI is InChI=1S/C10H10ClN3O2S/c1-6-5-13(10(12)17-6)8-3-2-7(11)4-9(8)14(15)16/h2-4,6,12H,5H2,1H3. The lowest BCUT2D eigenvalue weighted by Gasteiger charge is -2.16. The molecule has 1 aromatic rings. The molecule has 0 aromatic heterocycles. The van der Waals surface area contributed by atoms with Gasteiger partial charge in [-0.2, -0.15) is 0 Å². The minimum atomic E-state index is -0.470. The molecule has 1 aliphatic heterocycles. The highest BCUT2D eigenvalue weighted by atomic mass is 35.5. The predicted octanol–water partition coefficient (Wildman–Crippen LogP) is 3.12. The molecule has 90 valence electrons. The number of hydrogen-bond donors (Lipinski definition) is 1. The Labute approximate surface area is 107 Å². The van der Waals surface area contributed by atoms with Gasteiger partial charge in [-0.05, 0) is 12.1 Å². The van der Waals surface area contributed by atoms with Crippen LogP contribution < -0.4 is 4.90 Å². The summed E-state index contributed by atoms with van der Waals surface area (Å²) in [6.07, 6.45) is 0. The van der Waals surface area contributed by atoms with Gasteiger partial charge in [-0.15, -0.1) is 0 Å². The highest BCUT2D eigenvalue weighted by Gasteiger charge is 2.30. The Morgan fingerprint density at radius 3 is 2.88 bits per heavy atom. The third-order valence-electron chi connectivity index (χ3n) is 2.42. The number of nitrogens with zero attached hydrogens (tertiary/aromatic N) is 2. The second-order valence-corrected chi connectivity index (χ2v) is 5.60. The van der Waals surface area contributed by atoms with Crippen molar-refractivity contribution in [3.63, 3.8) is 0 Å². The Balaban J connectivity index is 2.45. The first kappa shape index (κ1) is 12.2. The molecule has 1 aromatic carbocycles. The molecule has 7 heteroatoms. The van der Waals surface area contributed by atoms with Crippen LogP contribution >= 0.6 is 23.4 Å². The molecule has 0 aliphatic carbocycles. The van der Waals surface area contributed by atoms with Crippen LogP contribution in [0.2, 0.25) is 5.02 Å². The average Bonchev–Trinajstić information content (AvgIpc) is 2.57. The Morgan fingerprint density at radius 2 is 2.35 bits per heavy atom. The summed E-state index contributed by atoms with van der Waals surface area (Å²) in [5.74, 6) is 0. The van der Waals surface area contributed by atoms with Crippen molar-refractivity contribution in [3.05, 3.63) is 33.3 Å². The molecule has 1 atom stereocenters. The Bertz CT molecular complexity index is 494. The first-order valence-electron chi connectivity index (χ1n) is 4.95. The van der Waals surface area contributed by atoms with Gasteiger partial charge in [0.25, 0.3) is 5.69 Å². The quantitative estimate of drug-likeness (QED) is 0.663. The zero-order valence-corrected chi connectivity index (χ0v) is 10.6. The van der Waals surface area contributed by atoms with Crippen molar-refractivity contribution in [3.8, 4) is 0 Å². The number of thioether (sulfide) groups is 1. The number of anilines is 1. The van der Waals surface area contributed by atoms with Gasteiger partial charge in [-0.25, -0.2) is 0 Å². The van der Waals surface area contributed by atoms with Gasteiger partial charge in [-0.3, -0.25) is 15.5 Å². The number of amidine groups is 1. The van der Waals surface area contributed by atoms with Crippen LogP contribution in [0.3, 0.4) is 0 Å². The van der Waals surface area contributed by atoms with E-state index in [2.05, 4.69) is 0 Å². The third kappa shape index (κ3) is 2.37. The minimum Gasteiger partial charge on any atom is -0.314 e. The van der Waals surface area contributed by atoms with Crippen molar-refractivity contribution in [2.24, 2.45) is 0 Å². The fourth-order valence-electron chi connectivity index (χ4n) is 1.71. The Hall–Kier alpha value is -1.27. The fourth-order valence-corrected chi connectivity index (χ4v) is 2.78. The molecule has 1 aliphatic rings. The highest BCUT2D eigenvalue weighted by molar-refractivity contribution is 8.15. The number of benzene rings is 1. The van der Waals surface area contributed by atoms with Crippen molar-refractivity contribution in [1.82, 2.24) is 0 Å². The second-order valence-electron chi connectivity index (χ2n) is 3.73. The average molecular weight is 272 g/mol. The summed E-state index contributed by atoms with van der Waals surface area (Å²) in [6.45, 7) is 2.59. The van der Waals surface area contributed by atoms with Gasteiger partial charge in [-0.1, -0.05) is 30.3 Å². The third-order valence-corrected chi connectivity index (χ3v) is 3.65. The number of rotatable bonds is 2. The molecular formula is C10H10ClN3O2S. The number of halogens is 1. The molecule has 1 fully saturated rings. The molecule has 17 heavy (non-hydrogen) atoms. The molecule has 0 radical (unpaired) electrons. The van der Waals surface area contributed by atoms with Gasteiger partial charge in [0.1, 0.15) is 5.69 Å². The molecule has 5 nitrogen and oxygen atoms in total. The number of nitro benzene ring substituents is 1. The lowest BCUT2D eigenvalue weighted by molar-refractivity contribution is -0.384. The van der Waals surface area contributed by atoms with E-state index in [-0.39, 0.29) is 10.9 Å². The van der Waals surface area contributed by atoms with Crippen LogP contribution in [0.1, 0.15) is 6.92 Å². The monoisotopic (exact) mass is 271 g/mol. The largest absolute Gasteiger partial charge is 0.314 e. The fraction of sp³-hybridized carbons (Fsp3) is 0.300. The summed E-state index contributed by atoms with van der Waals surface area (Å²) >= 11 is 7.15. The van der Waals surface area contributed by atoms with Crippen molar-refractivity contribution >= 4 is 39.9 Å². The topological polar surface area (TPSA) is 70.2 Å². The summed E-state index contributed by atoms with van der Waals surface area (Å²) in [6, 6.07) is 4.51. The SMILES string of the molecule is CC1CN(c2ccc(Cl)cc2[N+](=O)[O-])C(=N)S1. The molecule has 1 heterocycles. The van der Waals surface area contributed by atoms with Crippen LogP contribution in [0.15, 0.2) is 18.2 Å². The maximum absolute atomic E-state index is 11.0. The van der Waals surface area contributed by atoms with Crippen molar-refractivity contribution < 1.29 is 4.92 Å². The summed E-state index contributed by atoms with van der Waals surface area (Å²) < 4.78 is 0. The highest BCUT2D eigenvalue weighted by Crippen LogP contribution is 2.36. The summed E-state index contributed by atoms with van der Waals surface area (Å²) in [5.41, 5.74) is 0.373. The molecule has 1 N–H and O–H groups in total. The minimum absolute atomic E-state index is 0.0584. The lowest BCUT2D eigenvalue weighted by atomic mass is 10.2. The zero-order valence-electron chi connectivity index (χ0n) is 9.01. The first-order valence-corrected chi connectivity index (χ1v) is 6.21. The van der Waals surface area contributed by atoms with Gasteiger partial charge in [0, 0.05) is 22.9 Å². The first-order chi connectivity index (χ1) is 7.99. The molecule has 0 bridgehead atoms. The van der Waals surface area contributed by atoms with E-state index in [0.717, 1.165) is 0 Å². The molecule has 1 unspecified atom stereocenters. The number of nitro groups is 1. The second kappa shape index (κ2) is 4.54. The van der Waals surface area contributed by atoms with E-state index in [1.54, 1.807) is 17.0 Å². The van der Waals surface area contributed by atoms with Crippen LogP contribution in [0.25, 0.3) is 0 Å². The van der Waals surface area contributed by atoms with Crippen molar-refractivity contribution in [2.75, 3.05) is 11.4 Å². The van der Waals surface area contributed by atoms with Crippen LogP contribution in [0.4, 0.5) is 11.4 Å². The van der Waals surface area contributed by atoms with E-state index >= 15 is 0 Å². The summed E-state index contributed by atoms with van der Waals surface area (Å²) in [4.78, 5) is 12.1. The van der Waals surface area contributed by atoms with E-state index in [4.69, 9.17) is 17.0 Å². The van der Waals surface area contributed by atoms with E-state index in [0.29, 0.717) is 22.4 Å². The van der Waals surface area contributed by atoms with Crippen LogP contribution in [-0.2, 0) is 0 Å². The van der Waals surface area contributed by atoms with Gasteiger partial charge in [0.15, 0.2) is 5.17 Å². The van der Waals surface area contributed by atoms with Gasteiger partial charge in [0.05, 0.1) is 4.92 Å². The molecular weight excluding hydrogens is 262 g/mol. The molecule has 0 saturated carbocycles. The van der Waals surface area contributed by atoms with Crippen molar-refractivity contribution in [2.45, 2.75) is 12.2 Å². The summed E-state index contributed by atoms with van der Waals surface area (Å²) in [5, 5.41) is 19.7. The molecule has 0 spiro atoms. The van der Waals surface area contributed by atoms with Crippen LogP contribution in [-0.4, -0.2) is 21.9 Å². The maximum atomic E-state index is 11.0.